The Kier molecular flexibility index (Phi) is 7.35. The summed E-state index contributed by atoms with van der Waals surface area (Å²) in [7, 11) is 0. The molecule has 0 amide bonds. The molecule has 0 aliphatic rings. The van der Waals surface area contributed by atoms with Crippen molar-refractivity contribution in [3.8, 4) is 0 Å². The standard InChI is InChI=1S/C15H22Cl2N2O/c1-15(2,12-20)18-11-13-3-5-14(6-4-13)19(9-7-16)10-8-17/h3-6,11,20H,7-10,12H2,1-2H3. The van der Waals surface area contributed by atoms with Gasteiger partial charge in [0, 0.05) is 36.8 Å². The van der Waals surface area contributed by atoms with Gasteiger partial charge >= 0.3 is 0 Å². The minimum atomic E-state index is -0.443. The van der Waals surface area contributed by atoms with Crippen molar-refractivity contribution in [3.05, 3.63) is 29.8 Å². The highest BCUT2D eigenvalue weighted by Gasteiger charge is 2.12. The van der Waals surface area contributed by atoms with E-state index in [1.165, 1.54) is 0 Å². The molecular weight excluding hydrogens is 295 g/mol. The van der Waals surface area contributed by atoms with Crippen molar-refractivity contribution in [1.82, 2.24) is 0 Å². The number of aliphatic imine (C=N–C) groups is 1. The molecule has 0 aliphatic carbocycles. The van der Waals surface area contributed by atoms with Gasteiger partial charge in [-0.1, -0.05) is 12.1 Å². The van der Waals surface area contributed by atoms with Crippen LogP contribution in [0.5, 0.6) is 0 Å². The summed E-state index contributed by atoms with van der Waals surface area (Å²) in [6, 6.07) is 8.07. The minimum absolute atomic E-state index is 0.0286. The summed E-state index contributed by atoms with van der Waals surface area (Å²) < 4.78 is 0. The van der Waals surface area contributed by atoms with Crippen molar-refractivity contribution >= 4 is 35.1 Å². The van der Waals surface area contributed by atoms with Crippen LogP contribution < -0.4 is 4.90 Å². The Balaban J connectivity index is 2.77. The first-order valence-corrected chi connectivity index (χ1v) is 7.72. The zero-order valence-corrected chi connectivity index (χ0v) is 13.5. The second-order valence-corrected chi connectivity index (χ2v) is 5.94. The van der Waals surface area contributed by atoms with Gasteiger partial charge in [-0.3, -0.25) is 4.99 Å². The van der Waals surface area contributed by atoms with E-state index in [0.717, 1.165) is 24.3 Å². The van der Waals surface area contributed by atoms with Gasteiger partial charge in [0.15, 0.2) is 0 Å². The molecule has 1 rings (SSSR count). The van der Waals surface area contributed by atoms with Crippen LogP contribution in [0.25, 0.3) is 0 Å². The molecule has 0 spiro atoms. The molecule has 0 saturated carbocycles. The molecule has 1 aromatic carbocycles. The molecule has 0 saturated heterocycles. The number of rotatable bonds is 8. The van der Waals surface area contributed by atoms with E-state index in [4.69, 9.17) is 28.3 Å². The van der Waals surface area contributed by atoms with Gasteiger partial charge < -0.3 is 10.0 Å². The van der Waals surface area contributed by atoms with E-state index in [1.54, 1.807) is 6.21 Å². The topological polar surface area (TPSA) is 35.8 Å². The summed E-state index contributed by atoms with van der Waals surface area (Å²) in [5.74, 6) is 1.15. The molecule has 0 unspecified atom stereocenters. The fourth-order valence-corrected chi connectivity index (χ4v) is 2.04. The second kappa shape index (κ2) is 8.50. The first-order valence-electron chi connectivity index (χ1n) is 6.65. The second-order valence-electron chi connectivity index (χ2n) is 5.19. The Bertz CT molecular complexity index is 412. The number of hydrogen-bond acceptors (Lipinski definition) is 3. The van der Waals surface area contributed by atoms with Crippen molar-refractivity contribution in [2.24, 2.45) is 4.99 Å². The Labute approximate surface area is 131 Å². The normalized spacial score (nSPS) is 12.1. The third-order valence-electron chi connectivity index (χ3n) is 2.92. The van der Waals surface area contributed by atoms with Gasteiger partial charge in [-0.15, -0.1) is 23.2 Å². The number of benzene rings is 1. The summed E-state index contributed by atoms with van der Waals surface area (Å²) in [5, 5.41) is 9.16. The molecule has 1 aromatic rings. The van der Waals surface area contributed by atoms with Crippen LogP contribution in [0.15, 0.2) is 29.3 Å². The van der Waals surface area contributed by atoms with Gasteiger partial charge in [0.2, 0.25) is 0 Å². The van der Waals surface area contributed by atoms with E-state index < -0.39 is 5.54 Å². The Hall–Kier alpha value is -0.770. The van der Waals surface area contributed by atoms with Crippen LogP contribution in [0, 0.1) is 0 Å². The predicted octanol–water partition coefficient (Wildman–Crippen LogP) is 3.16. The number of anilines is 1. The highest BCUT2D eigenvalue weighted by molar-refractivity contribution is 6.18. The van der Waals surface area contributed by atoms with Gasteiger partial charge in [-0.25, -0.2) is 0 Å². The lowest BCUT2D eigenvalue weighted by Gasteiger charge is -2.22. The van der Waals surface area contributed by atoms with E-state index in [0.29, 0.717) is 11.8 Å². The van der Waals surface area contributed by atoms with Crippen molar-refractivity contribution in [2.45, 2.75) is 19.4 Å². The minimum Gasteiger partial charge on any atom is -0.394 e. The fraction of sp³-hybridized carbons (Fsp3) is 0.533. The van der Waals surface area contributed by atoms with Gasteiger partial charge in [-0.2, -0.15) is 0 Å². The zero-order valence-electron chi connectivity index (χ0n) is 12.0. The van der Waals surface area contributed by atoms with E-state index in [1.807, 2.05) is 38.1 Å². The largest absolute Gasteiger partial charge is 0.394 e. The van der Waals surface area contributed by atoms with E-state index >= 15 is 0 Å². The zero-order chi connectivity index (χ0) is 15.0. The molecule has 0 atom stereocenters. The maximum Gasteiger partial charge on any atom is 0.0782 e. The highest BCUT2D eigenvalue weighted by Crippen LogP contribution is 2.15. The van der Waals surface area contributed by atoms with Crippen LogP contribution in [0.4, 0.5) is 5.69 Å². The molecule has 0 heterocycles. The molecule has 112 valence electrons. The lowest BCUT2D eigenvalue weighted by molar-refractivity contribution is 0.223. The van der Waals surface area contributed by atoms with Gasteiger partial charge in [0.05, 0.1) is 12.1 Å². The fourth-order valence-electron chi connectivity index (χ4n) is 1.64. The van der Waals surface area contributed by atoms with Crippen LogP contribution in [-0.4, -0.2) is 48.3 Å². The predicted molar refractivity (Wildman–Crippen MR) is 88.9 cm³/mol. The Morgan fingerprint density at radius 2 is 1.70 bits per heavy atom. The first kappa shape index (κ1) is 17.3. The van der Waals surface area contributed by atoms with E-state index in [2.05, 4.69) is 9.89 Å². The highest BCUT2D eigenvalue weighted by atomic mass is 35.5. The summed E-state index contributed by atoms with van der Waals surface area (Å²) in [5.41, 5.74) is 1.67. The Morgan fingerprint density at radius 1 is 1.15 bits per heavy atom. The summed E-state index contributed by atoms with van der Waals surface area (Å²) in [6.45, 7) is 5.36. The lowest BCUT2D eigenvalue weighted by Crippen LogP contribution is -2.27. The van der Waals surface area contributed by atoms with Crippen LogP contribution in [0.1, 0.15) is 19.4 Å². The number of hydrogen-bond donors (Lipinski definition) is 1. The van der Waals surface area contributed by atoms with Crippen LogP contribution in [-0.2, 0) is 0 Å². The average Bonchev–Trinajstić information content (AvgIpc) is 2.46. The number of aliphatic hydroxyl groups excluding tert-OH is 1. The van der Waals surface area contributed by atoms with Gasteiger partial charge in [0.25, 0.3) is 0 Å². The van der Waals surface area contributed by atoms with Crippen molar-refractivity contribution < 1.29 is 5.11 Å². The number of aliphatic hydroxyl groups is 1. The number of alkyl halides is 2. The van der Waals surface area contributed by atoms with Crippen molar-refractivity contribution in [1.29, 1.82) is 0 Å². The lowest BCUT2D eigenvalue weighted by atomic mass is 10.1. The van der Waals surface area contributed by atoms with Crippen LogP contribution in [0.3, 0.4) is 0 Å². The average molecular weight is 317 g/mol. The molecule has 0 bridgehead atoms. The molecule has 0 fully saturated rings. The smallest absolute Gasteiger partial charge is 0.0782 e. The van der Waals surface area contributed by atoms with Crippen molar-refractivity contribution in [3.63, 3.8) is 0 Å². The SMILES string of the molecule is CC(C)(CO)N=Cc1ccc(N(CCCl)CCCl)cc1. The third-order valence-corrected chi connectivity index (χ3v) is 3.26. The molecule has 20 heavy (non-hydrogen) atoms. The molecule has 5 heteroatoms. The summed E-state index contributed by atoms with van der Waals surface area (Å²) in [6.07, 6.45) is 1.79. The quantitative estimate of drug-likeness (QED) is 0.590. The van der Waals surface area contributed by atoms with Crippen molar-refractivity contribution in [2.75, 3.05) is 36.4 Å². The number of halogens is 2. The van der Waals surface area contributed by atoms with Crippen LogP contribution in [0.2, 0.25) is 0 Å². The molecule has 0 aromatic heterocycles. The van der Waals surface area contributed by atoms with Gasteiger partial charge in [-0.05, 0) is 31.5 Å². The molecule has 0 aliphatic heterocycles. The molecular formula is C15H22Cl2N2O. The van der Waals surface area contributed by atoms with E-state index in [-0.39, 0.29) is 6.61 Å². The van der Waals surface area contributed by atoms with Gasteiger partial charge in [0.1, 0.15) is 0 Å². The van der Waals surface area contributed by atoms with Crippen LogP contribution >= 0.6 is 23.2 Å². The maximum absolute atomic E-state index is 9.16. The Morgan fingerprint density at radius 3 is 2.15 bits per heavy atom. The van der Waals surface area contributed by atoms with E-state index in [9.17, 15) is 0 Å². The molecule has 1 N–H and O–H groups in total. The summed E-state index contributed by atoms with van der Waals surface area (Å²) in [4.78, 5) is 6.51. The maximum atomic E-state index is 9.16. The molecule has 3 nitrogen and oxygen atoms in total. The third kappa shape index (κ3) is 5.70. The molecule has 0 radical (unpaired) electrons. The number of nitrogens with zero attached hydrogens (tertiary/aromatic N) is 2. The first-order chi connectivity index (χ1) is 9.52. The summed E-state index contributed by atoms with van der Waals surface area (Å²) >= 11 is 11.6. The monoisotopic (exact) mass is 316 g/mol.